The standard InChI is InChI=1S/C12H17FN2O2/c1-15(11(7-14)12(16)17-2)8-9-3-5-10(13)6-4-9/h3-6,11H,7-8,14H2,1-2H3. The highest BCUT2D eigenvalue weighted by Crippen LogP contribution is 2.08. The van der Waals surface area contributed by atoms with Crippen LogP contribution in [0.3, 0.4) is 0 Å². The number of benzene rings is 1. The number of hydrogen-bond donors (Lipinski definition) is 1. The Kier molecular flexibility index (Phi) is 5.06. The Balaban J connectivity index is 2.66. The molecule has 0 aliphatic carbocycles. The van der Waals surface area contributed by atoms with Crippen molar-refractivity contribution in [3.63, 3.8) is 0 Å². The number of nitrogens with zero attached hydrogens (tertiary/aromatic N) is 1. The fraction of sp³-hybridized carbons (Fsp3) is 0.417. The molecule has 0 bridgehead atoms. The van der Waals surface area contributed by atoms with Gasteiger partial charge < -0.3 is 10.5 Å². The lowest BCUT2D eigenvalue weighted by Crippen LogP contribution is -2.44. The van der Waals surface area contributed by atoms with Crippen LogP contribution in [0, 0.1) is 5.82 Å². The zero-order chi connectivity index (χ0) is 12.8. The van der Waals surface area contributed by atoms with E-state index in [0.29, 0.717) is 6.54 Å². The molecule has 0 saturated heterocycles. The van der Waals surface area contributed by atoms with Gasteiger partial charge in [-0.05, 0) is 24.7 Å². The molecule has 0 aliphatic rings. The van der Waals surface area contributed by atoms with Gasteiger partial charge in [-0.2, -0.15) is 0 Å². The molecule has 0 aliphatic heterocycles. The molecular weight excluding hydrogens is 223 g/mol. The van der Waals surface area contributed by atoms with Crippen LogP contribution in [-0.2, 0) is 16.1 Å². The fourth-order valence-corrected chi connectivity index (χ4v) is 1.58. The quantitative estimate of drug-likeness (QED) is 0.772. The van der Waals surface area contributed by atoms with Crippen LogP contribution in [0.4, 0.5) is 4.39 Å². The number of hydrogen-bond acceptors (Lipinski definition) is 4. The predicted molar refractivity (Wildman–Crippen MR) is 62.7 cm³/mol. The van der Waals surface area contributed by atoms with Crippen molar-refractivity contribution in [2.24, 2.45) is 5.73 Å². The molecule has 1 atom stereocenters. The van der Waals surface area contributed by atoms with Crippen molar-refractivity contribution in [2.45, 2.75) is 12.6 Å². The first kappa shape index (κ1) is 13.6. The van der Waals surface area contributed by atoms with E-state index in [9.17, 15) is 9.18 Å². The van der Waals surface area contributed by atoms with E-state index in [1.165, 1.54) is 19.2 Å². The summed E-state index contributed by atoms with van der Waals surface area (Å²) >= 11 is 0. The van der Waals surface area contributed by atoms with Crippen molar-refractivity contribution in [3.8, 4) is 0 Å². The number of ether oxygens (including phenoxy) is 1. The molecule has 94 valence electrons. The third-order valence-corrected chi connectivity index (χ3v) is 2.57. The molecule has 0 fully saturated rings. The molecule has 1 unspecified atom stereocenters. The highest BCUT2D eigenvalue weighted by Gasteiger charge is 2.22. The van der Waals surface area contributed by atoms with E-state index in [1.807, 2.05) is 0 Å². The van der Waals surface area contributed by atoms with Crippen molar-refractivity contribution < 1.29 is 13.9 Å². The molecule has 5 heteroatoms. The van der Waals surface area contributed by atoms with Crippen molar-refractivity contribution in [3.05, 3.63) is 35.6 Å². The summed E-state index contributed by atoms with van der Waals surface area (Å²) in [5.41, 5.74) is 6.44. The second kappa shape index (κ2) is 6.32. The van der Waals surface area contributed by atoms with E-state index in [2.05, 4.69) is 4.74 Å². The van der Waals surface area contributed by atoms with E-state index in [1.54, 1.807) is 24.1 Å². The maximum atomic E-state index is 12.7. The molecule has 0 spiro atoms. The van der Waals surface area contributed by atoms with Crippen LogP contribution in [0.1, 0.15) is 5.56 Å². The van der Waals surface area contributed by atoms with Crippen molar-refractivity contribution in [1.29, 1.82) is 0 Å². The second-order valence-electron chi connectivity index (χ2n) is 3.82. The van der Waals surface area contributed by atoms with Gasteiger partial charge in [0, 0.05) is 13.1 Å². The lowest BCUT2D eigenvalue weighted by atomic mass is 10.2. The van der Waals surface area contributed by atoms with Gasteiger partial charge in [0.15, 0.2) is 0 Å². The molecule has 0 heterocycles. The minimum Gasteiger partial charge on any atom is -0.468 e. The Hall–Kier alpha value is -1.46. The van der Waals surface area contributed by atoms with Gasteiger partial charge in [-0.15, -0.1) is 0 Å². The van der Waals surface area contributed by atoms with E-state index in [0.717, 1.165) is 5.56 Å². The van der Waals surface area contributed by atoms with Crippen LogP contribution in [-0.4, -0.2) is 37.6 Å². The summed E-state index contributed by atoms with van der Waals surface area (Å²) in [6, 6.07) is 5.65. The van der Waals surface area contributed by atoms with Crippen LogP contribution in [0.2, 0.25) is 0 Å². The summed E-state index contributed by atoms with van der Waals surface area (Å²) in [6.07, 6.45) is 0. The van der Waals surface area contributed by atoms with Gasteiger partial charge in [0.2, 0.25) is 0 Å². The van der Waals surface area contributed by atoms with E-state index in [4.69, 9.17) is 5.73 Å². The number of rotatable bonds is 5. The topological polar surface area (TPSA) is 55.6 Å². The van der Waals surface area contributed by atoms with Crippen LogP contribution in [0.5, 0.6) is 0 Å². The Bertz CT molecular complexity index is 367. The van der Waals surface area contributed by atoms with Gasteiger partial charge in [0.25, 0.3) is 0 Å². The molecule has 0 aromatic heterocycles. The van der Waals surface area contributed by atoms with Gasteiger partial charge in [0.1, 0.15) is 11.9 Å². The summed E-state index contributed by atoms with van der Waals surface area (Å²) in [5.74, 6) is -0.642. The molecule has 2 N–H and O–H groups in total. The smallest absolute Gasteiger partial charge is 0.324 e. The average Bonchev–Trinajstić information content (AvgIpc) is 2.32. The highest BCUT2D eigenvalue weighted by atomic mass is 19.1. The Morgan fingerprint density at radius 3 is 2.53 bits per heavy atom. The number of halogens is 1. The first-order chi connectivity index (χ1) is 8.08. The third-order valence-electron chi connectivity index (χ3n) is 2.57. The van der Waals surface area contributed by atoms with Gasteiger partial charge in [0.05, 0.1) is 7.11 Å². The normalized spacial score (nSPS) is 12.5. The number of esters is 1. The summed E-state index contributed by atoms with van der Waals surface area (Å²) in [5, 5.41) is 0. The number of carbonyl (C=O) groups excluding carboxylic acids is 1. The van der Waals surface area contributed by atoms with E-state index in [-0.39, 0.29) is 18.3 Å². The first-order valence-electron chi connectivity index (χ1n) is 5.31. The number of likely N-dealkylation sites (N-methyl/N-ethyl adjacent to an activating group) is 1. The number of methoxy groups -OCH3 is 1. The predicted octanol–water partition coefficient (Wildman–Crippen LogP) is 0.758. The zero-order valence-electron chi connectivity index (χ0n) is 10.0. The minimum absolute atomic E-state index is 0.185. The van der Waals surface area contributed by atoms with Crippen molar-refractivity contribution >= 4 is 5.97 Å². The van der Waals surface area contributed by atoms with Crippen LogP contribution in [0.15, 0.2) is 24.3 Å². The van der Waals surface area contributed by atoms with Crippen LogP contribution in [0.25, 0.3) is 0 Å². The Morgan fingerprint density at radius 1 is 1.47 bits per heavy atom. The number of nitrogens with two attached hydrogens (primary N) is 1. The molecule has 4 nitrogen and oxygen atoms in total. The average molecular weight is 240 g/mol. The largest absolute Gasteiger partial charge is 0.468 e. The molecule has 0 radical (unpaired) electrons. The van der Waals surface area contributed by atoms with Crippen LogP contribution < -0.4 is 5.73 Å². The number of carbonyl (C=O) groups is 1. The Morgan fingerprint density at radius 2 is 2.06 bits per heavy atom. The van der Waals surface area contributed by atoms with Gasteiger partial charge in [-0.3, -0.25) is 9.69 Å². The minimum atomic E-state index is -0.481. The van der Waals surface area contributed by atoms with Gasteiger partial charge in [-0.25, -0.2) is 4.39 Å². The molecule has 0 amide bonds. The second-order valence-corrected chi connectivity index (χ2v) is 3.82. The third kappa shape index (κ3) is 3.80. The molecule has 1 aromatic carbocycles. The maximum absolute atomic E-state index is 12.7. The maximum Gasteiger partial charge on any atom is 0.324 e. The fourth-order valence-electron chi connectivity index (χ4n) is 1.58. The molecule has 1 rings (SSSR count). The lowest BCUT2D eigenvalue weighted by Gasteiger charge is -2.24. The van der Waals surface area contributed by atoms with Gasteiger partial charge in [-0.1, -0.05) is 12.1 Å². The summed E-state index contributed by atoms with van der Waals surface area (Å²) in [7, 11) is 3.11. The molecule has 0 saturated carbocycles. The monoisotopic (exact) mass is 240 g/mol. The van der Waals surface area contributed by atoms with Crippen molar-refractivity contribution in [1.82, 2.24) is 4.90 Å². The molecule has 17 heavy (non-hydrogen) atoms. The van der Waals surface area contributed by atoms with Crippen molar-refractivity contribution in [2.75, 3.05) is 20.7 Å². The molecule has 1 aromatic rings. The summed E-state index contributed by atoms with van der Waals surface area (Å²) in [4.78, 5) is 13.2. The zero-order valence-corrected chi connectivity index (χ0v) is 10.0. The van der Waals surface area contributed by atoms with Crippen LogP contribution >= 0.6 is 0 Å². The van der Waals surface area contributed by atoms with E-state index >= 15 is 0 Å². The summed E-state index contributed by atoms with van der Waals surface area (Å²) in [6.45, 7) is 0.696. The first-order valence-corrected chi connectivity index (χ1v) is 5.31. The SMILES string of the molecule is COC(=O)C(CN)N(C)Cc1ccc(F)cc1. The summed E-state index contributed by atoms with van der Waals surface area (Å²) < 4.78 is 17.4. The van der Waals surface area contributed by atoms with E-state index < -0.39 is 6.04 Å². The lowest BCUT2D eigenvalue weighted by molar-refractivity contribution is -0.146. The molecular formula is C12H17FN2O2. The highest BCUT2D eigenvalue weighted by molar-refractivity contribution is 5.75. The Labute approximate surface area is 100 Å². The van der Waals surface area contributed by atoms with Gasteiger partial charge >= 0.3 is 5.97 Å².